The molecule has 16 heteroatoms. The predicted molar refractivity (Wildman–Crippen MR) is 264 cm³/mol. The highest BCUT2D eigenvalue weighted by Crippen LogP contribution is 2.48. The first kappa shape index (κ1) is 49.1. The summed E-state index contributed by atoms with van der Waals surface area (Å²) in [5, 5.41) is 19.8. The molecule has 4 amide bonds. The van der Waals surface area contributed by atoms with E-state index in [1.807, 2.05) is 24.4 Å². The number of phenols is 1. The van der Waals surface area contributed by atoms with Crippen molar-refractivity contribution in [3.05, 3.63) is 71.5 Å². The second-order valence-electron chi connectivity index (χ2n) is 21.7. The number of nitrogens with one attached hydrogen (secondary N) is 3. The number of halogens is 1. The fourth-order valence-electron chi connectivity index (χ4n) is 11.3. The number of hydrogen-bond donors (Lipinski definition) is 4. The number of aromatic nitrogens is 2. The molecule has 0 radical (unpaired) electrons. The highest BCUT2D eigenvalue weighted by molar-refractivity contribution is 5.96. The molecule has 5 atom stereocenters. The third-order valence-electron chi connectivity index (χ3n) is 15.3. The average molecular weight is 961 g/mol. The quantitative estimate of drug-likeness (QED) is 0.0998. The van der Waals surface area contributed by atoms with Crippen molar-refractivity contribution in [2.24, 2.45) is 11.3 Å². The van der Waals surface area contributed by atoms with Crippen LogP contribution in [0, 0.1) is 11.3 Å². The van der Waals surface area contributed by atoms with Crippen LogP contribution in [0.25, 0.3) is 33.3 Å². The van der Waals surface area contributed by atoms with Crippen molar-refractivity contribution in [1.82, 2.24) is 40.4 Å². The summed E-state index contributed by atoms with van der Waals surface area (Å²) in [6, 6.07) is 11.4. The number of amides is 4. The number of fused-ring (bicyclic) bond motifs is 6. The van der Waals surface area contributed by atoms with Gasteiger partial charge >= 0.3 is 5.97 Å². The maximum Gasteiger partial charge on any atom is 0.324 e. The fraction of sp³-hybridized carbons (Fsp3) is 0.556. The Morgan fingerprint density at radius 3 is 2.49 bits per heavy atom. The summed E-state index contributed by atoms with van der Waals surface area (Å²) < 4.78 is 23.2. The Morgan fingerprint density at radius 1 is 1.01 bits per heavy atom. The summed E-state index contributed by atoms with van der Waals surface area (Å²) >= 11 is 0. The van der Waals surface area contributed by atoms with Gasteiger partial charge in [0.25, 0.3) is 5.91 Å². The highest BCUT2D eigenvalue weighted by atomic mass is 19.1. The van der Waals surface area contributed by atoms with Gasteiger partial charge in [-0.25, -0.2) is 9.82 Å². The first-order chi connectivity index (χ1) is 33.4. The Labute approximate surface area is 409 Å². The number of benzene rings is 2. The number of aromatic hydroxyl groups is 1. The van der Waals surface area contributed by atoms with Crippen LogP contribution in [0.1, 0.15) is 109 Å². The number of hydrazine groups is 1. The minimum atomic E-state index is -1.37. The van der Waals surface area contributed by atoms with Crippen molar-refractivity contribution in [2.75, 3.05) is 33.8 Å². The summed E-state index contributed by atoms with van der Waals surface area (Å²) in [7, 11) is 3.06. The number of alkyl halides is 1. The van der Waals surface area contributed by atoms with Crippen LogP contribution in [0.4, 0.5) is 4.39 Å². The molecule has 374 valence electrons. The lowest BCUT2D eigenvalue weighted by Crippen LogP contribution is -2.62. The number of ether oxygens (including phenoxy) is 1. The zero-order valence-corrected chi connectivity index (χ0v) is 41.6. The summed E-state index contributed by atoms with van der Waals surface area (Å²) in [5.41, 5.74) is 8.62. The van der Waals surface area contributed by atoms with E-state index in [-0.39, 0.29) is 49.6 Å². The zero-order valence-electron chi connectivity index (χ0n) is 41.6. The number of aryl methyl sites for hydroxylation is 1. The largest absolute Gasteiger partial charge is 0.508 e. The third kappa shape index (κ3) is 9.90. The maximum atomic E-state index is 14.9. The molecule has 4 fully saturated rings. The van der Waals surface area contributed by atoms with E-state index in [1.165, 1.54) is 21.9 Å². The minimum Gasteiger partial charge on any atom is -0.508 e. The Kier molecular flexibility index (Phi) is 13.6. The molecule has 2 aromatic carbocycles. The van der Waals surface area contributed by atoms with E-state index >= 15 is 0 Å². The molecule has 4 N–H and O–H groups in total. The summed E-state index contributed by atoms with van der Waals surface area (Å²) in [6.07, 6.45) is 7.26. The van der Waals surface area contributed by atoms with E-state index in [0.717, 1.165) is 57.4 Å². The van der Waals surface area contributed by atoms with Crippen LogP contribution in [0.15, 0.2) is 54.7 Å². The first-order valence-corrected chi connectivity index (χ1v) is 25.3. The van der Waals surface area contributed by atoms with Gasteiger partial charge in [0.05, 0.1) is 30.6 Å². The van der Waals surface area contributed by atoms with Crippen molar-refractivity contribution in [3.8, 4) is 28.1 Å². The zero-order chi connectivity index (χ0) is 49.8. The van der Waals surface area contributed by atoms with Gasteiger partial charge in [0.2, 0.25) is 17.7 Å². The predicted octanol–water partition coefficient (Wildman–Crippen LogP) is 6.19. The number of carbonyl (C=O) groups is 5. The van der Waals surface area contributed by atoms with Gasteiger partial charge in [-0.15, -0.1) is 0 Å². The van der Waals surface area contributed by atoms with Gasteiger partial charge in [-0.1, -0.05) is 52.7 Å². The molecule has 5 heterocycles. The summed E-state index contributed by atoms with van der Waals surface area (Å²) in [4.78, 5) is 78.5. The molecule has 2 aromatic heterocycles. The number of nitrogens with zero attached hydrogens (tertiary/aromatic N) is 5. The van der Waals surface area contributed by atoms with Crippen LogP contribution >= 0.6 is 0 Å². The molecule has 2 aliphatic carbocycles. The molecular weight excluding hydrogens is 892 g/mol. The molecule has 5 aliphatic rings. The van der Waals surface area contributed by atoms with E-state index in [2.05, 4.69) is 73.4 Å². The van der Waals surface area contributed by atoms with Crippen molar-refractivity contribution in [2.45, 2.75) is 147 Å². The first-order valence-electron chi connectivity index (χ1n) is 25.3. The van der Waals surface area contributed by atoms with Crippen molar-refractivity contribution in [1.29, 1.82) is 0 Å². The van der Waals surface area contributed by atoms with E-state index in [0.29, 0.717) is 57.1 Å². The van der Waals surface area contributed by atoms with Crippen molar-refractivity contribution in [3.63, 3.8) is 0 Å². The third-order valence-corrected chi connectivity index (χ3v) is 15.3. The van der Waals surface area contributed by atoms with Gasteiger partial charge < -0.3 is 29.5 Å². The van der Waals surface area contributed by atoms with Gasteiger partial charge in [-0.3, -0.25) is 39.3 Å². The average Bonchev–Trinajstić information content (AvgIpc) is 4.22. The van der Waals surface area contributed by atoms with E-state index < -0.39 is 65.0 Å². The lowest BCUT2D eigenvalue weighted by atomic mass is 9.83. The van der Waals surface area contributed by atoms with Crippen LogP contribution in [-0.2, 0) is 48.1 Å². The number of rotatable bonds is 11. The van der Waals surface area contributed by atoms with Crippen LogP contribution < -0.4 is 16.1 Å². The van der Waals surface area contributed by atoms with Gasteiger partial charge in [-0.05, 0) is 122 Å². The molecule has 0 unspecified atom stereocenters. The number of esters is 1. The molecule has 9 rings (SSSR count). The van der Waals surface area contributed by atoms with E-state index in [1.54, 1.807) is 19.2 Å². The second-order valence-corrected chi connectivity index (χ2v) is 21.7. The minimum absolute atomic E-state index is 0.0112. The number of carbonyl (C=O) groups excluding carboxylic acids is 5. The molecule has 15 nitrogen and oxygen atoms in total. The number of hydrogen-bond acceptors (Lipinski definition) is 10. The Balaban J connectivity index is 1.07. The molecule has 70 heavy (non-hydrogen) atoms. The monoisotopic (exact) mass is 961 g/mol. The number of likely N-dealkylation sites (N-methyl/N-ethyl adjacent to an activating group) is 2. The van der Waals surface area contributed by atoms with Crippen LogP contribution in [0.3, 0.4) is 0 Å². The molecular formula is C54H69FN8O7. The SMILES string of the molecule is CCn1c(-c2cccnc2C(C)C)c2c3cc(ccc31)-c1cc(O)cc(c1)C[C@H](NC(=O)[C@H](C1CCCC1)N(C)C(=O)CN(C)C(=O)[C@@H]1N[C@@H]1C1(F)CC1)C(=O)N1CCC[C@H](N1)C(=O)OCC(C)(C)C2. The smallest absolute Gasteiger partial charge is 0.324 e. The van der Waals surface area contributed by atoms with Gasteiger partial charge in [0, 0.05) is 61.7 Å². The van der Waals surface area contributed by atoms with Gasteiger partial charge in [0.1, 0.15) is 35.6 Å². The van der Waals surface area contributed by atoms with E-state index in [9.17, 15) is 33.5 Å². The number of phenolic OH excluding ortho intramolecular Hbond substituents is 1. The van der Waals surface area contributed by atoms with Gasteiger partial charge in [0.15, 0.2) is 0 Å². The molecule has 0 spiro atoms. The molecule has 2 saturated carbocycles. The van der Waals surface area contributed by atoms with Crippen LogP contribution in [-0.4, -0.2) is 129 Å². The molecule has 3 aliphatic heterocycles. The van der Waals surface area contributed by atoms with Crippen LogP contribution in [0.2, 0.25) is 0 Å². The Morgan fingerprint density at radius 2 is 1.77 bits per heavy atom. The van der Waals surface area contributed by atoms with Crippen molar-refractivity contribution >= 4 is 40.5 Å². The molecule has 4 aromatic rings. The maximum absolute atomic E-state index is 14.9. The van der Waals surface area contributed by atoms with Crippen molar-refractivity contribution < 1.29 is 38.2 Å². The standard InChI is InChI=1S/C54H69FN8O7/c1-8-62-42-18-17-34-27-38(42)39(47(62)37-15-11-21-56-44(37)31(2)3)28-53(4,5)30-70-52(69)40-16-12-22-63(59-40)50(67)41(25-32-23-35(34)26-36(64)24-32)57-49(66)46(33-13-9-10-14-33)61(7)43(65)29-60(6)51(68)45-48(58-45)54(55)19-20-54/h11,15,17-18,21,23-24,26-27,31,33,40-41,45-46,48,58-59,64H,8-10,12-14,16,19-20,22,25,28-30H2,1-7H3,(H,57,66)/t40-,41-,45+,46-,48-/m0/s1. The fourth-order valence-corrected chi connectivity index (χ4v) is 11.3. The lowest BCUT2D eigenvalue weighted by molar-refractivity contribution is -0.155. The lowest BCUT2D eigenvalue weighted by Gasteiger charge is -2.37. The molecule has 2 saturated heterocycles. The Hall–Kier alpha value is -5.87. The summed E-state index contributed by atoms with van der Waals surface area (Å²) in [5.74, 6) is -2.38. The molecule has 6 bridgehead atoms. The number of pyridine rings is 1. The highest BCUT2D eigenvalue weighted by Gasteiger charge is 2.63. The second kappa shape index (κ2) is 19.4. The van der Waals surface area contributed by atoms with Gasteiger partial charge in [-0.2, -0.15) is 0 Å². The summed E-state index contributed by atoms with van der Waals surface area (Å²) in [6.45, 7) is 11.4. The van der Waals surface area contributed by atoms with Crippen LogP contribution in [0.5, 0.6) is 5.75 Å². The van der Waals surface area contributed by atoms with E-state index in [4.69, 9.17) is 9.72 Å². The number of cyclic esters (lactones) is 1. The Bertz CT molecular complexity index is 2690. The topological polar surface area (TPSA) is 188 Å². The normalized spacial score (nSPS) is 23.6.